The number of hydrogen-bond acceptors (Lipinski definition) is 6. The van der Waals surface area contributed by atoms with Gasteiger partial charge in [0.15, 0.2) is 0 Å². The Balaban J connectivity index is 1.90. The van der Waals surface area contributed by atoms with Gasteiger partial charge >= 0.3 is 0 Å². The summed E-state index contributed by atoms with van der Waals surface area (Å²) >= 11 is 1.20. The fourth-order valence-corrected chi connectivity index (χ4v) is 4.23. The summed E-state index contributed by atoms with van der Waals surface area (Å²) in [5.74, 6) is -0.690. The molecular weight excluding hydrogens is 327 g/mol. The Kier molecular flexibility index (Phi) is 3.75. The summed E-state index contributed by atoms with van der Waals surface area (Å²) < 4.78 is 39.4. The molecule has 2 heterocycles. The smallest absolute Gasteiger partial charge is 0.240 e. The van der Waals surface area contributed by atoms with Crippen molar-refractivity contribution in [2.24, 2.45) is 7.05 Å². The van der Waals surface area contributed by atoms with Crippen LogP contribution in [0.2, 0.25) is 0 Å². The number of hydrogen-bond donors (Lipinski definition) is 0. The third-order valence-corrected chi connectivity index (χ3v) is 5.47. The zero-order valence-corrected chi connectivity index (χ0v) is 13.1. The maximum absolute atomic E-state index is 13.7. The minimum atomic E-state index is -3.64. The quantitative estimate of drug-likeness (QED) is 0.727. The molecule has 0 amide bonds. The van der Waals surface area contributed by atoms with E-state index in [1.807, 2.05) is 0 Å². The molecule has 2 aromatic heterocycles. The minimum Gasteiger partial charge on any atom is -0.240 e. The van der Waals surface area contributed by atoms with Gasteiger partial charge in [-0.25, -0.2) is 27.5 Å². The summed E-state index contributed by atoms with van der Waals surface area (Å²) in [5, 5.41) is 5.68. The van der Waals surface area contributed by atoms with Crippen LogP contribution in [0.25, 0.3) is 10.6 Å². The third kappa shape index (κ3) is 2.77. The first-order valence-corrected chi connectivity index (χ1v) is 8.76. The molecule has 6 nitrogen and oxygen atoms in total. The molecule has 0 fully saturated rings. The highest BCUT2D eigenvalue weighted by atomic mass is 32.2. The number of nitrogens with zero attached hydrogens (tertiary/aromatic N) is 4. The van der Waals surface area contributed by atoms with Crippen molar-refractivity contribution in [2.45, 2.75) is 10.9 Å². The van der Waals surface area contributed by atoms with Gasteiger partial charge in [-0.3, -0.25) is 0 Å². The molecule has 0 aliphatic rings. The Morgan fingerprint density at radius 1 is 1.32 bits per heavy atom. The highest BCUT2D eigenvalue weighted by molar-refractivity contribution is 7.90. The highest BCUT2D eigenvalue weighted by Crippen LogP contribution is 2.27. The summed E-state index contributed by atoms with van der Waals surface area (Å²) in [4.78, 5) is 7.95. The van der Waals surface area contributed by atoms with Gasteiger partial charge in [0.1, 0.15) is 22.9 Å². The van der Waals surface area contributed by atoms with Gasteiger partial charge in [0.2, 0.25) is 15.0 Å². The van der Waals surface area contributed by atoms with Crippen LogP contribution in [-0.4, -0.2) is 28.2 Å². The monoisotopic (exact) mass is 338 g/mol. The summed E-state index contributed by atoms with van der Waals surface area (Å²) in [6.45, 7) is 0. The first-order valence-electron chi connectivity index (χ1n) is 6.23. The first-order chi connectivity index (χ1) is 10.5. The third-order valence-electron chi connectivity index (χ3n) is 2.94. The molecule has 3 rings (SSSR count). The Hall–Kier alpha value is -2.13. The summed E-state index contributed by atoms with van der Waals surface area (Å²) in [6.07, 6.45) is 1.18. The van der Waals surface area contributed by atoms with Crippen LogP contribution in [0.3, 0.4) is 0 Å². The van der Waals surface area contributed by atoms with E-state index in [9.17, 15) is 12.8 Å². The largest absolute Gasteiger partial charge is 0.245 e. The molecule has 0 aliphatic carbocycles. The molecule has 0 bridgehead atoms. The lowest BCUT2D eigenvalue weighted by Crippen LogP contribution is -2.11. The number of halogens is 1. The average Bonchev–Trinajstić information content (AvgIpc) is 3.08. The molecule has 0 saturated carbocycles. The number of rotatable bonds is 4. The summed E-state index contributed by atoms with van der Waals surface area (Å²) in [6, 6.07) is 6.24. The number of thiazole rings is 1. The molecule has 9 heteroatoms. The van der Waals surface area contributed by atoms with E-state index in [1.165, 1.54) is 35.5 Å². The SMILES string of the molecule is Cn1ncnc1S(=O)(=O)Cc1csc(-c2ccccc2F)n1. The van der Waals surface area contributed by atoms with Gasteiger partial charge in [0.25, 0.3) is 0 Å². The molecule has 0 saturated heterocycles. The van der Waals surface area contributed by atoms with Crippen LogP contribution >= 0.6 is 11.3 Å². The van der Waals surface area contributed by atoms with Crippen molar-refractivity contribution in [1.82, 2.24) is 19.7 Å². The fraction of sp³-hybridized carbons (Fsp3) is 0.154. The molecule has 0 spiro atoms. The predicted octanol–water partition coefficient (Wildman–Crippen LogP) is 2.05. The minimum absolute atomic E-state index is 0.118. The Labute approximate surface area is 130 Å². The lowest BCUT2D eigenvalue weighted by Gasteiger charge is -2.01. The van der Waals surface area contributed by atoms with Crippen LogP contribution in [0.1, 0.15) is 5.69 Å². The van der Waals surface area contributed by atoms with Crippen LogP contribution in [0, 0.1) is 5.82 Å². The normalized spacial score (nSPS) is 11.7. The van der Waals surface area contributed by atoms with E-state index >= 15 is 0 Å². The maximum atomic E-state index is 13.7. The molecule has 114 valence electrons. The van der Waals surface area contributed by atoms with Crippen molar-refractivity contribution in [3.63, 3.8) is 0 Å². The van der Waals surface area contributed by atoms with E-state index in [0.717, 1.165) is 0 Å². The van der Waals surface area contributed by atoms with Gasteiger partial charge in [-0.05, 0) is 12.1 Å². The lowest BCUT2D eigenvalue weighted by molar-refractivity contribution is 0.568. The fourth-order valence-electron chi connectivity index (χ4n) is 1.96. The molecule has 0 atom stereocenters. The average molecular weight is 338 g/mol. The van der Waals surface area contributed by atoms with Crippen molar-refractivity contribution >= 4 is 21.2 Å². The molecule has 3 aromatic rings. The Morgan fingerprint density at radius 3 is 2.77 bits per heavy atom. The van der Waals surface area contributed by atoms with Crippen molar-refractivity contribution < 1.29 is 12.8 Å². The van der Waals surface area contributed by atoms with Crippen LogP contribution in [-0.2, 0) is 22.6 Å². The molecule has 0 aliphatic heterocycles. The summed E-state index contributed by atoms with van der Waals surface area (Å²) in [5.41, 5.74) is 0.709. The van der Waals surface area contributed by atoms with Crippen LogP contribution in [0.15, 0.2) is 41.1 Å². The Morgan fingerprint density at radius 2 is 2.09 bits per heavy atom. The standard InChI is InChI=1S/C13H11FN4O2S2/c1-18-13(15-8-16-18)22(19,20)7-9-6-21-12(17-9)10-4-2-3-5-11(10)14/h2-6,8H,7H2,1H3. The lowest BCUT2D eigenvalue weighted by atomic mass is 10.2. The molecule has 0 radical (unpaired) electrons. The second-order valence-electron chi connectivity index (χ2n) is 4.55. The number of sulfone groups is 1. The first kappa shape index (κ1) is 14.8. The van der Waals surface area contributed by atoms with Crippen LogP contribution in [0.5, 0.6) is 0 Å². The van der Waals surface area contributed by atoms with Crippen molar-refractivity contribution in [1.29, 1.82) is 0 Å². The van der Waals surface area contributed by atoms with Crippen LogP contribution in [0.4, 0.5) is 4.39 Å². The van der Waals surface area contributed by atoms with E-state index in [4.69, 9.17) is 0 Å². The van der Waals surface area contributed by atoms with Gasteiger partial charge in [-0.2, -0.15) is 5.10 Å². The highest BCUT2D eigenvalue weighted by Gasteiger charge is 2.22. The van der Waals surface area contributed by atoms with E-state index in [-0.39, 0.29) is 16.7 Å². The molecule has 0 unspecified atom stereocenters. The molecule has 0 N–H and O–H groups in total. The maximum Gasteiger partial charge on any atom is 0.245 e. The summed E-state index contributed by atoms with van der Waals surface area (Å²) in [7, 11) is -2.13. The van der Waals surface area contributed by atoms with Gasteiger partial charge in [-0.1, -0.05) is 12.1 Å². The van der Waals surface area contributed by atoms with Crippen molar-refractivity contribution in [3.05, 3.63) is 47.5 Å². The second-order valence-corrected chi connectivity index (χ2v) is 7.29. The number of benzene rings is 1. The second kappa shape index (κ2) is 5.58. The zero-order valence-electron chi connectivity index (χ0n) is 11.5. The van der Waals surface area contributed by atoms with Gasteiger partial charge < -0.3 is 0 Å². The van der Waals surface area contributed by atoms with E-state index in [2.05, 4.69) is 15.1 Å². The van der Waals surface area contributed by atoms with Gasteiger partial charge in [0.05, 0.1) is 5.69 Å². The van der Waals surface area contributed by atoms with E-state index < -0.39 is 9.84 Å². The molecular formula is C13H11FN4O2S2. The van der Waals surface area contributed by atoms with E-state index in [0.29, 0.717) is 16.3 Å². The van der Waals surface area contributed by atoms with Crippen molar-refractivity contribution in [3.8, 4) is 10.6 Å². The topological polar surface area (TPSA) is 77.7 Å². The zero-order chi connectivity index (χ0) is 15.7. The van der Waals surface area contributed by atoms with Crippen LogP contribution < -0.4 is 0 Å². The van der Waals surface area contributed by atoms with Gasteiger partial charge in [0, 0.05) is 18.0 Å². The predicted molar refractivity (Wildman–Crippen MR) is 79.4 cm³/mol. The Bertz CT molecular complexity index is 918. The van der Waals surface area contributed by atoms with Crippen molar-refractivity contribution in [2.75, 3.05) is 0 Å². The molecule has 22 heavy (non-hydrogen) atoms. The van der Waals surface area contributed by atoms with E-state index in [1.54, 1.807) is 23.6 Å². The van der Waals surface area contributed by atoms with Gasteiger partial charge in [-0.15, -0.1) is 11.3 Å². The number of aryl methyl sites for hydroxylation is 1. The number of aromatic nitrogens is 4. The molecule has 1 aromatic carbocycles.